The van der Waals surface area contributed by atoms with E-state index in [2.05, 4.69) is 4.98 Å². The van der Waals surface area contributed by atoms with Crippen LogP contribution in [0.5, 0.6) is 5.75 Å². The van der Waals surface area contributed by atoms with Gasteiger partial charge in [-0.05, 0) is 24.3 Å². The van der Waals surface area contributed by atoms with Crippen LogP contribution in [0, 0.1) is 5.82 Å². The lowest BCUT2D eigenvalue weighted by Gasteiger charge is -2.21. The van der Waals surface area contributed by atoms with E-state index in [0.29, 0.717) is 29.5 Å². The molecule has 0 bridgehead atoms. The van der Waals surface area contributed by atoms with Crippen molar-refractivity contribution >= 4 is 32.6 Å². The normalized spacial score (nSPS) is 11.1. The van der Waals surface area contributed by atoms with Crippen LogP contribution in [0.2, 0.25) is 0 Å². The Bertz CT molecular complexity index is 926. The number of carbonyl (C=O) groups excluding carboxylic acids is 1. The molecule has 0 spiro atoms. The summed E-state index contributed by atoms with van der Waals surface area (Å²) in [7, 11) is 5.60. The molecule has 1 N–H and O–H groups in total. The van der Waals surface area contributed by atoms with Gasteiger partial charge in [0.15, 0.2) is 5.13 Å². The zero-order valence-corrected chi connectivity index (χ0v) is 15.8. The molecule has 0 aliphatic rings. The highest BCUT2D eigenvalue weighted by Gasteiger charge is 2.24. The SMILES string of the molecule is COc1cccc2sc(N(CC[NH+](C)C)C(=O)c3ccccc3F)nc12. The lowest BCUT2D eigenvalue weighted by atomic mass is 10.2. The number of amides is 1. The number of likely N-dealkylation sites (N-methyl/N-ethyl adjacent to an activating group) is 1. The van der Waals surface area contributed by atoms with Gasteiger partial charge in [0.2, 0.25) is 0 Å². The highest BCUT2D eigenvalue weighted by molar-refractivity contribution is 7.22. The summed E-state index contributed by atoms with van der Waals surface area (Å²) in [6, 6.07) is 11.7. The number of aromatic nitrogens is 1. The number of anilines is 1. The molecule has 0 aliphatic heterocycles. The molecule has 0 unspecified atom stereocenters. The second-order valence-electron chi connectivity index (χ2n) is 6.20. The Kier molecular flexibility index (Phi) is 5.49. The Balaban J connectivity index is 2.04. The highest BCUT2D eigenvalue weighted by atomic mass is 32.1. The Morgan fingerprint density at radius 2 is 2.00 bits per heavy atom. The summed E-state index contributed by atoms with van der Waals surface area (Å²) >= 11 is 1.40. The summed E-state index contributed by atoms with van der Waals surface area (Å²) in [5, 5.41) is 0.541. The van der Waals surface area contributed by atoms with Gasteiger partial charge >= 0.3 is 0 Å². The number of nitrogens with zero attached hydrogens (tertiary/aromatic N) is 2. The molecule has 26 heavy (non-hydrogen) atoms. The number of hydrogen-bond donors (Lipinski definition) is 1. The van der Waals surface area contributed by atoms with Gasteiger partial charge in [0.1, 0.15) is 17.1 Å². The fraction of sp³-hybridized carbons (Fsp3) is 0.263. The molecule has 0 saturated heterocycles. The van der Waals surface area contributed by atoms with Gasteiger partial charge in [-0.2, -0.15) is 0 Å². The van der Waals surface area contributed by atoms with Crippen LogP contribution in [0.15, 0.2) is 42.5 Å². The summed E-state index contributed by atoms with van der Waals surface area (Å²) in [6.45, 7) is 1.16. The maximum absolute atomic E-state index is 14.1. The van der Waals surface area contributed by atoms with Crippen molar-refractivity contribution in [3.63, 3.8) is 0 Å². The predicted molar refractivity (Wildman–Crippen MR) is 102 cm³/mol. The molecule has 7 heteroatoms. The van der Waals surface area contributed by atoms with Gasteiger partial charge in [0, 0.05) is 0 Å². The third-order valence-electron chi connectivity index (χ3n) is 4.01. The average Bonchev–Trinajstić information content (AvgIpc) is 3.05. The molecule has 3 aromatic rings. The first-order valence-electron chi connectivity index (χ1n) is 8.30. The third kappa shape index (κ3) is 3.68. The number of halogens is 1. The second kappa shape index (κ2) is 7.80. The van der Waals surface area contributed by atoms with Crippen molar-refractivity contribution in [1.82, 2.24) is 4.98 Å². The number of fused-ring (bicyclic) bond motifs is 1. The van der Waals surface area contributed by atoms with Crippen LogP contribution >= 0.6 is 11.3 Å². The molecular formula is C19H21FN3O2S+. The van der Waals surface area contributed by atoms with Crippen LogP contribution in [0.1, 0.15) is 10.4 Å². The van der Waals surface area contributed by atoms with Crippen molar-refractivity contribution in [2.45, 2.75) is 0 Å². The minimum atomic E-state index is -0.529. The number of thiazole rings is 1. The van der Waals surface area contributed by atoms with Gasteiger partial charge in [-0.25, -0.2) is 9.37 Å². The minimum Gasteiger partial charge on any atom is -0.494 e. The lowest BCUT2D eigenvalue weighted by molar-refractivity contribution is -0.856. The largest absolute Gasteiger partial charge is 0.494 e. The molecule has 1 aromatic heterocycles. The standard InChI is InChI=1S/C19H20FN3O2S/c1-22(2)11-12-23(18(24)13-7-4-5-8-14(13)20)19-21-17-15(25-3)9-6-10-16(17)26-19/h4-10H,11-12H2,1-3H3/p+1. The number of methoxy groups -OCH3 is 1. The zero-order chi connectivity index (χ0) is 18.7. The van der Waals surface area contributed by atoms with Gasteiger partial charge < -0.3 is 9.64 Å². The maximum atomic E-state index is 14.1. The fourth-order valence-corrected chi connectivity index (χ4v) is 3.60. The first-order valence-corrected chi connectivity index (χ1v) is 9.12. The van der Waals surface area contributed by atoms with Crippen molar-refractivity contribution in [3.8, 4) is 5.75 Å². The first kappa shape index (κ1) is 18.3. The molecule has 0 atom stereocenters. The molecule has 1 heterocycles. The number of nitrogens with one attached hydrogen (secondary N) is 1. The summed E-state index contributed by atoms with van der Waals surface area (Å²) in [5.74, 6) is -0.262. The monoisotopic (exact) mass is 374 g/mol. The summed E-state index contributed by atoms with van der Waals surface area (Å²) in [5.41, 5.74) is 0.756. The van der Waals surface area contributed by atoms with E-state index in [0.717, 1.165) is 4.70 Å². The van der Waals surface area contributed by atoms with Crippen molar-refractivity contribution in [3.05, 3.63) is 53.8 Å². The van der Waals surface area contributed by atoms with Gasteiger partial charge in [-0.3, -0.25) is 9.69 Å². The van der Waals surface area contributed by atoms with E-state index < -0.39 is 5.82 Å². The Hall–Kier alpha value is -2.51. The van der Waals surface area contributed by atoms with Crippen molar-refractivity contribution in [2.24, 2.45) is 0 Å². The van der Waals surface area contributed by atoms with E-state index in [1.807, 2.05) is 32.3 Å². The number of para-hydroxylation sites is 1. The van der Waals surface area contributed by atoms with Crippen LogP contribution in [0.4, 0.5) is 9.52 Å². The Labute approximate surface area is 155 Å². The molecule has 5 nitrogen and oxygen atoms in total. The zero-order valence-electron chi connectivity index (χ0n) is 15.0. The van der Waals surface area contributed by atoms with Crippen LogP contribution in [-0.4, -0.2) is 45.2 Å². The van der Waals surface area contributed by atoms with Gasteiger partial charge in [-0.1, -0.05) is 29.5 Å². The molecule has 0 aliphatic carbocycles. The van der Waals surface area contributed by atoms with Gasteiger partial charge in [-0.15, -0.1) is 0 Å². The quantitative estimate of drug-likeness (QED) is 0.720. The van der Waals surface area contributed by atoms with Crippen LogP contribution in [0.3, 0.4) is 0 Å². The van der Waals surface area contributed by atoms with Gasteiger partial charge in [0.05, 0.1) is 44.6 Å². The smallest absolute Gasteiger partial charge is 0.263 e. The summed E-state index contributed by atoms with van der Waals surface area (Å²) < 4.78 is 20.4. The van der Waals surface area contributed by atoms with E-state index >= 15 is 0 Å². The average molecular weight is 374 g/mol. The van der Waals surface area contributed by atoms with Crippen molar-refractivity contribution in [2.75, 3.05) is 39.2 Å². The molecule has 3 rings (SSSR count). The van der Waals surface area contributed by atoms with Crippen LogP contribution in [-0.2, 0) is 0 Å². The van der Waals surface area contributed by atoms with E-state index in [1.54, 1.807) is 24.1 Å². The second-order valence-corrected chi connectivity index (χ2v) is 7.21. The van der Waals surface area contributed by atoms with E-state index in [4.69, 9.17) is 4.74 Å². The molecule has 2 aromatic carbocycles. The van der Waals surface area contributed by atoms with E-state index in [1.165, 1.54) is 28.4 Å². The topological polar surface area (TPSA) is 46.9 Å². The van der Waals surface area contributed by atoms with Crippen LogP contribution < -0.4 is 14.5 Å². The molecule has 136 valence electrons. The first-order chi connectivity index (χ1) is 12.5. The van der Waals surface area contributed by atoms with Crippen molar-refractivity contribution in [1.29, 1.82) is 0 Å². The summed E-state index contributed by atoms with van der Waals surface area (Å²) in [6.07, 6.45) is 0. The number of hydrogen-bond acceptors (Lipinski definition) is 4. The molecule has 0 fully saturated rings. The maximum Gasteiger partial charge on any atom is 0.263 e. The number of ether oxygens (including phenoxy) is 1. The predicted octanol–water partition coefficient (Wildman–Crippen LogP) is 2.24. The summed E-state index contributed by atoms with van der Waals surface area (Å²) in [4.78, 5) is 20.4. The third-order valence-corrected chi connectivity index (χ3v) is 5.05. The molecular weight excluding hydrogens is 353 g/mol. The number of benzene rings is 2. The molecule has 0 radical (unpaired) electrons. The Morgan fingerprint density at radius 1 is 1.23 bits per heavy atom. The van der Waals surface area contributed by atoms with Gasteiger partial charge in [0.25, 0.3) is 5.91 Å². The van der Waals surface area contributed by atoms with Crippen molar-refractivity contribution < 1.29 is 18.8 Å². The van der Waals surface area contributed by atoms with Crippen LogP contribution in [0.25, 0.3) is 10.2 Å². The highest BCUT2D eigenvalue weighted by Crippen LogP contribution is 2.34. The number of carbonyl (C=O) groups is 1. The number of rotatable bonds is 6. The fourth-order valence-electron chi connectivity index (χ4n) is 2.59. The number of quaternary nitrogens is 1. The van der Waals surface area contributed by atoms with E-state index in [-0.39, 0.29) is 11.5 Å². The van der Waals surface area contributed by atoms with E-state index in [9.17, 15) is 9.18 Å². The molecule has 1 amide bonds. The molecule has 0 saturated carbocycles. The Morgan fingerprint density at radius 3 is 2.69 bits per heavy atom. The lowest BCUT2D eigenvalue weighted by Crippen LogP contribution is -3.06. The minimum absolute atomic E-state index is 0.0486.